The van der Waals surface area contributed by atoms with Gasteiger partial charge in [-0.2, -0.15) is 0 Å². The Morgan fingerprint density at radius 3 is 2.39 bits per heavy atom. The van der Waals surface area contributed by atoms with Crippen LogP contribution in [0.2, 0.25) is 0 Å². The van der Waals surface area contributed by atoms with Crippen molar-refractivity contribution in [3.63, 3.8) is 0 Å². The van der Waals surface area contributed by atoms with E-state index in [1.807, 2.05) is 19.1 Å². The van der Waals surface area contributed by atoms with Crippen molar-refractivity contribution in [2.75, 3.05) is 11.9 Å². The molecule has 1 saturated heterocycles. The molecule has 7 heteroatoms. The van der Waals surface area contributed by atoms with Crippen LogP contribution in [0.4, 0.5) is 10.5 Å². The highest BCUT2D eigenvalue weighted by Gasteiger charge is 2.35. The molecule has 1 fully saturated rings. The summed E-state index contributed by atoms with van der Waals surface area (Å²) in [7, 11) is 0. The average molecular weight is 379 g/mol. The monoisotopic (exact) mass is 379 g/mol. The molecule has 0 atom stereocenters. The van der Waals surface area contributed by atoms with Crippen LogP contribution in [0, 0.1) is 20.8 Å². The molecule has 3 rings (SSSR count). The molecule has 2 aromatic carbocycles. The first-order valence-corrected chi connectivity index (χ1v) is 8.76. The molecule has 3 N–H and O–H groups in total. The summed E-state index contributed by atoms with van der Waals surface area (Å²) in [5, 5.41) is 15.1. The number of urea groups is 1. The number of carbonyl (C=O) groups excluding carboxylic acids is 3. The van der Waals surface area contributed by atoms with Gasteiger partial charge in [-0.15, -0.1) is 0 Å². The number of hydrogen-bond donors (Lipinski definition) is 3. The summed E-state index contributed by atoms with van der Waals surface area (Å²) >= 11 is 0. The number of nitrogens with zero attached hydrogens (tertiary/aromatic N) is 1. The topological polar surface area (TPSA) is 98.7 Å². The molecule has 0 bridgehead atoms. The third-order valence-corrected chi connectivity index (χ3v) is 4.51. The second kappa shape index (κ2) is 7.56. The maximum absolute atomic E-state index is 12.6. The number of aromatic hydroxyl groups is 1. The molecule has 1 aliphatic rings. The van der Waals surface area contributed by atoms with Gasteiger partial charge in [-0.1, -0.05) is 18.2 Å². The molecular formula is C21H21N3O4. The van der Waals surface area contributed by atoms with Gasteiger partial charge in [-0.25, -0.2) is 9.69 Å². The Hall–Kier alpha value is -3.61. The molecular weight excluding hydrogens is 358 g/mol. The third kappa shape index (κ3) is 3.88. The van der Waals surface area contributed by atoms with Crippen molar-refractivity contribution >= 4 is 29.6 Å². The number of rotatable bonds is 4. The number of para-hydroxylation sites is 1. The van der Waals surface area contributed by atoms with Crippen LogP contribution < -0.4 is 10.6 Å². The van der Waals surface area contributed by atoms with Gasteiger partial charge in [0.1, 0.15) is 18.0 Å². The van der Waals surface area contributed by atoms with E-state index in [-0.39, 0.29) is 18.0 Å². The lowest BCUT2D eigenvalue weighted by atomic mass is 10.0. The van der Waals surface area contributed by atoms with E-state index in [2.05, 4.69) is 10.6 Å². The van der Waals surface area contributed by atoms with Gasteiger partial charge in [0.25, 0.3) is 5.91 Å². The normalized spacial score (nSPS) is 15.1. The number of nitrogens with one attached hydrogen (secondary N) is 2. The predicted molar refractivity (Wildman–Crippen MR) is 106 cm³/mol. The van der Waals surface area contributed by atoms with Crippen molar-refractivity contribution in [3.05, 3.63) is 64.3 Å². The number of hydrogen-bond acceptors (Lipinski definition) is 4. The first-order valence-electron chi connectivity index (χ1n) is 8.76. The largest absolute Gasteiger partial charge is 0.507 e. The van der Waals surface area contributed by atoms with E-state index in [0.717, 1.165) is 10.5 Å². The fraction of sp³-hybridized carbons (Fsp3) is 0.190. The minimum Gasteiger partial charge on any atom is -0.507 e. The smallest absolute Gasteiger partial charge is 0.329 e. The van der Waals surface area contributed by atoms with E-state index >= 15 is 0 Å². The number of benzene rings is 2. The lowest BCUT2D eigenvalue weighted by molar-refractivity contribution is -0.127. The van der Waals surface area contributed by atoms with Crippen LogP contribution in [-0.4, -0.2) is 34.4 Å². The molecule has 0 saturated carbocycles. The van der Waals surface area contributed by atoms with Gasteiger partial charge >= 0.3 is 6.03 Å². The van der Waals surface area contributed by atoms with Gasteiger partial charge in [-0.05, 0) is 67.3 Å². The minimum absolute atomic E-state index is 0.0816. The highest BCUT2D eigenvalue weighted by Crippen LogP contribution is 2.25. The second-order valence-corrected chi connectivity index (χ2v) is 6.75. The number of carbonyl (C=O) groups is 3. The Kier molecular flexibility index (Phi) is 5.17. The fourth-order valence-corrected chi connectivity index (χ4v) is 3.00. The summed E-state index contributed by atoms with van der Waals surface area (Å²) in [6.45, 7) is 4.97. The van der Waals surface area contributed by atoms with Gasteiger partial charge in [0.05, 0.1) is 0 Å². The van der Waals surface area contributed by atoms with Crippen LogP contribution in [-0.2, 0) is 9.59 Å². The van der Waals surface area contributed by atoms with Crippen molar-refractivity contribution in [2.45, 2.75) is 20.8 Å². The van der Waals surface area contributed by atoms with E-state index in [4.69, 9.17) is 0 Å². The van der Waals surface area contributed by atoms with Gasteiger partial charge in [0.15, 0.2) is 0 Å². The lowest BCUT2D eigenvalue weighted by Gasteiger charge is -2.13. The average Bonchev–Trinajstić information content (AvgIpc) is 2.89. The summed E-state index contributed by atoms with van der Waals surface area (Å²) in [5.41, 5.74) is 3.59. The number of imide groups is 1. The highest BCUT2D eigenvalue weighted by molar-refractivity contribution is 6.16. The number of phenolic OH excluding ortho intramolecular Hbond substituents is 1. The Bertz CT molecular complexity index is 987. The first-order chi connectivity index (χ1) is 13.3. The zero-order valence-corrected chi connectivity index (χ0v) is 15.9. The molecule has 144 valence electrons. The van der Waals surface area contributed by atoms with Crippen molar-refractivity contribution in [2.24, 2.45) is 0 Å². The zero-order valence-electron chi connectivity index (χ0n) is 15.9. The quantitative estimate of drug-likeness (QED) is 0.562. The molecule has 0 aromatic heterocycles. The SMILES string of the molecule is Cc1ccccc1NC(=O)CN1C(=O)NC(=Cc2cc(C)c(O)c(C)c2)C1=O. The third-order valence-electron chi connectivity index (χ3n) is 4.51. The van der Waals surface area contributed by atoms with Crippen molar-refractivity contribution in [1.29, 1.82) is 0 Å². The van der Waals surface area contributed by atoms with Crippen molar-refractivity contribution in [3.8, 4) is 5.75 Å². The number of amides is 4. The summed E-state index contributed by atoms with van der Waals surface area (Å²) in [6, 6.07) is 10.0. The predicted octanol–water partition coefficient (Wildman–Crippen LogP) is 2.85. The summed E-state index contributed by atoms with van der Waals surface area (Å²) in [5.74, 6) is -0.845. The molecule has 1 aliphatic heterocycles. The molecule has 0 aliphatic carbocycles. The molecule has 1 heterocycles. The number of phenols is 1. The zero-order chi connectivity index (χ0) is 20.4. The van der Waals surface area contributed by atoms with Crippen LogP contribution >= 0.6 is 0 Å². The number of aryl methyl sites for hydroxylation is 3. The molecule has 0 radical (unpaired) electrons. The van der Waals surface area contributed by atoms with Gasteiger partial charge in [0, 0.05) is 5.69 Å². The van der Waals surface area contributed by atoms with E-state index in [0.29, 0.717) is 22.4 Å². The Morgan fingerprint density at radius 2 is 1.75 bits per heavy atom. The molecule has 0 spiro atoms. The Morgan fingerprint density at radius 1 is 1.11 bits per heavy atom. The Balaban J connectivity index is 1.75. The molecule has 2 aromatic rings. The van der Waals surface area contributed by atoms with Crippen LogP contribution in [0.1, 0.15) is 22.3 Å². The highest BCUT2D eigenvalue weighted by atomic mass is 16.3. The molecule has 28 heavy (non-hydrogen) atoms. The van der Waals surface area contributed by atoms with E-state index in [9.17, 15) is 19.5 Å². The maximum Gasteiger partial charge on any atom is 0.329 e. The van der Waals surface area contributed by atoms with Crippen LogP contribution in [0.3, 0.4) is 0 Å². The standard InChI is InChI=1S/C21H21N3O4/c1-12-6-4-5-7-16(12)22-18(25)11-24-20(27)17(23-21(24)28)10-15-8-13(2)19(26)14(3)9-15/h4-10,26H,11H2,1-3H3,(H,22,25)(H,23,28). The van der Waals surface area contributed by atoms with E-state index < -0.39 is 17.8 Å². The van der Waals surface area contributed by atoms with Gasteiger partial charge in [0.2, 0.25) is 5.91 Å². The van der Waals surface area contributed by atoms with Crippen LogP contribution in [0.25, 0.3) is 6.08 Å². The van der Waals surface area contributed by atoms with E-state index in [1.165, 1.54) is 6.08 Å². The maximum atomic E-state index is 12.6. The van der Waals surface area contributed by atoms with Crippen LogP contribution in [0.5, 0.6) is 5.75 Å². The Labute approximate surface area is 162 Å². The second-order valence-electron chi connectivity index (χ2n) is 6.75. The molecule has 7 nitrogen and oxygen atoms in total. The van der Waals surface area contributed by atoms with Gasteiger partial charge in [-0.3, -0.25) is 9.59 Å². The van der Waals surface area contributed by atoms with E-state index in [1.54, 1.807) is 38.1 Å². The summed E-state index contributed by atoms with van der Waals surface area (Å²) in [4.78, 5) is 37.9. The summed E-state index contributed by atoms with van der Waals surface area (Å²) in [6.07, 6.45) is 1.53. The first kappa shape index (κ1) is 19.2. The lowest BCUT2D eigenvalue weighted by Crippen LogP contribution is -2.38. The molecule has 0 unspecified atom stereocenters. The van der Waals surface area contributed by atoms with Crippen LogP contribution in [0.15, 0.2) is 42.1 Å². The summed E-state index contributed by atoms with van der Waals surface area (Å²) < 4.78 is 0. The van der Waals surface area contributed by atoms with Crippen molar-refractivity contribution in [1.82, 2.24) is 10.2 Å². The van der Waals surface area contributed by atoms with Gasteiger partial charge < -0.3 is 15.7 Å². The fourth-order valence-electron chi connectivity index (χ4n) is 3.00. The minimum atomic E-state index is -0.650. The molecule has 4 amide bonds. The number of anilines is 1. The van der Waals surface area contributed by atoms with Crippen molar-refractivity contribution < 1.29 is 19.5 Å².